The SMILES string of the molecule is Cc1ccccc1C(=O)NC1CCN(C(=O)Cc2ccc(N)cc2)CC1. The van der Waals surface area contributed by atoms with Crippen molar-refractivity contribution in [1.29, 1.82) is 0 Å². The van der Waals surface area contributed by atoms with Crippen molar-refractivity contribution >= 4 is 17.5 Å². The third kappa shape index (κ3) is 4.42. The quantitative estimate of drug-likeness (QED) is 0.831. The minimum atomic E-state index is -0.0326. The van der Waals surface area contributed by atoms with Crippen LogP contribution < -0.4 is 11.1 Å². The maximum absolute atomic E-state index is 12.5. The Kier molecular flexibility index (Phi) is 5.56. The second-order valence-electron chi connectivity index (χ2n) is 6.86. The minimum absolute atomic E-state index is 0.0326. The first-order chi connectivity index (χ1) is 12.5. The van der Waals surface area contributed by atoms with E-state index in [9.17, 15) is 9.59 Å². The highest BCUT2D eigenvalue weighted by atomic mass is 16.2. The Morgan fingerprint density at radius 1 is 1.08 bits per heavy atom. The van der Waals surface area contributed by atoms with Crippen LogP contribution in [-0.2, 0) is 11.2 Å². The molecule has 3 N–H and O–H groups in total. The van der Waals surface area contributed by atoms with Gasteiger partial charge in [-0.15, -0.1) is 0 Å². The van der Waals surface area contributed by atoms with Gasteiger partial charge in [0.2, 0.25) is 5.91 Å². The summed E-state index contributed by atoms with van der Waals surface area (Å²) >= 11 is 0. The summed E-state index contributed by atoms with van der Waals surface area (Å²) in [4.78, 5) is 26.8. The van der Waals surface area contributed by atoms with E-state index in [1.54, 1.807) is 0 Å². The number of nitrogens with two attached hydrogens (primary N) is 1. The third-order valence-electron chi connectivity index (χ3n) is 4.91. The Hall–Kier alpha value is -2.82. The first-order valence-corrected chi connectivity index (χ1v) is 9.01. The molecule has 5 heteroatoms. The van der Waals surface area contributed by atoms with E-state index >= 15 is 0 Å². The van der Waals surface area contributed by atoms with E-state index in [0.29, 0.717) is 30.8 Å². The zero-order valence-electron chi connectivity index (χ0n) is 15.1. The van der Waals surface area contributed by atoms with Crippen LogP contribution >= 0.6 is 0 Å². The molecule has 5 nitrogen and oxygen atoms in total. The summed E-state index contributed by atoms with van der Waals surface area (Å²) in [5.41, 5.74) is 9.04. The van der Waals surface area contributed by atoms with Crippen molar-refractivity contribution in [3.63, 3.8) is 0 Å². The molecule has 1 saturated heterocycles. The molecule has 0 spiro atoms. The highest BCUT2D eigenvalue weighted by Gasteiger charge is 2.24. The molecule has 2 aromatic carbocycles. The summed E-state index contributed by atoms with van der Waals surface area (Å²) in [7, 11) is 0. The number of nitrogens with one attached hydrogen (secondary N) is 1. The van der Waals surface area contributed by atoms with Crippen molar-refractivity contribution in [2.24, 2.45) is 0 Å². The van der Waals surface area contributed by atoms with Crippen LogP contribution in [0.3, 0.4) is 0 Å². The molecule has 1 aliphatic heterocycles. The van der Waals surface area contributed by atoms with Gasteiger partial charge in [0.25, 0.3) is 5.91 Å². The van der Waals surface area contributed by atoms with Gasteiger partial charge in [0, 0.05) is 30.4 Å². The molecule has 0 bridgehead atoms. The molecule has 0 aliphatic carbocycles. The average molecular weight is 351 g/mol. The van der Waals surface area contributed by atoms with E-state index in [-0.39, 0.29) is 17.9 Å². The van der Waals surface area contributed by atoms with Gasteiger partial charge in [-0.2, -0.15) is 0 Å². The van der Waals surface area contributed by atoms with E-state index in [1.807, 2.05) is 60.4 Å². The van der Waals surface area contributed by atoms with Crippen LogP contribution in [0, 0.1) is 6.92 Å². The lowest BCUT2D eigenvalue weighted by Crippen LogP contribution is -2.47. The number of anilines is 1. The highest BCUT2D eigenvalue weighted by Crippen LogP contribution is 2.15. The molecule has 0 atom stereocenters. The largest absolute Gasteiger partial charge is 0.399 e. The second kappa shape index (κ2) is 8.04. The number of carbonyl (C=O) groups is 2. The Bertz CT molecular complexity index is 778. The number of piperidine rings is 1. The van der Waals surface area contributed by atoms with Crippen LogP contribution in [0.2, 0.25) is 0 Å². The highest BCUT2D eigenvalue weighted by molar-refractivity contribution is 5.95. The Morgan fingerprint density at radius 2 is 1.73 bits per heavy atom. The fourth-order valence-corrected chi connectivity index (χ4v) is 3.29. The van der Waals surface area contributed by atoms with E-state index in [4.69, 9.17) is 5.73 Å². The van der Waals surface area contributed by atoms with Crippen molar-refractivity contribution in [2.75, 3.05) is 18.8 Å². The van der Waals surface area contributed by atoms with Crippen LogP contribution in [0.1, 0.15) is 34.3 Å². The smallest absolute Gasteiger partial charge is 0.251 e. The molecule has 136 valence electrons. The molecule has 1 aliphatic rings. The molecule has 2 aromatic rings. The first-order valence-electron chi connectivity index (χ1n) is 9.01. The van der Waals surface area contributed by atoms with Crippen molar-refractivity contribution in [3.05, 3.63) is 65.2 Å². The lowest BCUT2D eigenvalue weighted by atomic mass is 10.0. The average Bonchev–Trinajstić information content (AvgIpc) is 2.64. The van der Waals surface area contributed by atoms with Gasteiger partial charge in [-0.05, 0) is 49.1 Å². The van der Waals surface area contributed by atoms with Crippen molar-refractivity contribution < 1.29 is 9.59 Å². The maximum atomic E-state index is 12.5. The van der Waals surface area contributed by atoms with Crippen LogP contribution in [0.15, 0.2) is 48.5 Å². The van der Waals surface area contributed by atoms with E-state index in [0.717, 1.165) is 24.0 Å². The standard InChI is InChI=1S/C21H25N3O2/c1-15-4-2-3-5-19(15)21(26)23-18-10-12-24(13-11-18)20(25)14-16-6-8-17(22)9-7-16/h2-9,18H,10-14,22H2,1H3,(H,23,26). The molecular formula is C21H25N3O2. The molecule has 2 amide bonds. The second-order valence-corrected chi connectivity index (χ2v) is 6.86. The van der Waals surface area contributed by atoms with Crippen molar-refractivity contribution in [2.45, 2.75) is 32.2 Å². The maximum Gasteiger partial charge on any atom is 0.251 e. The van der Waals surface area contributed by atoms with Crippen LogP contribution in [-0.4, -0.2) is 35.8 Å². The monoisotopic (exact) mass is 351 g/mol. The molecule has 0 saturated carbocycles. The Labute approximate surface area is 154 Å². The molecule has 0 aromatic heterocycles. The molecule has 0 unspecified atom stereocenters. The van der Waals surface area contributed by atoms with Crippen LogP contribution in [0.5, 0.6) is 0 Å². The number of hydrogen-bond acceptors (Lipinski definition) is 3. The van der Waals surface area contributed by atoms with Gasteiger partial charge in [-0.25, -0.2) is 0 Å². The number of aryl methyl sites for hydroxylation is 1. The van der Waals surface area contributed by atoms with Gasteiger partial charge in [-0.3, -0.25) is 9.59 Å². The summed E-state index contributed by atoms with van der Waals surface area (Å²) in [5.74, 6) is 0.0909. The van der Waals surface area contributed by atoms with Crippen molar-refractivity contribution in [3.8, 4) is 0 Å². The Balaban J connectivity index is 1.49. The van der Waals surface area contributed by atoms with E-state index in [1.165, 1.54) is 0 Å². The zero-order chi connectivity index (χ0) is 18.5. The number of nitrogens with zero attached hydrogens (tertiary/aromatic N) is 1. The van der Waals surface area contributed by atoms with Crippen LogP contribution in [0.4, 0.5) is 5.69 Å². The van der Waals surface area contributed by atoms with Crippen molar-refractivity contribution in [1.82, 2.24) is 10.2 Å². The Morgan fingerprint density at radius 3 is 2.38 bits per heavy atom. The molecule has 0 radical (unpaired) electrons. The number of rotatable bonds is 4. The number of carbonyl (C=O) groups excluding carboxylic acids is 2. The summed E-state index contributed by atoms with van der Waals surface area (Å²) in [6, 6.07) is 15.1. The predicted molar refractivity (Wildman–Crippen MR) is 103 cm³/mol. The predicted octanol–water partition coefficient (Wildman–Crippen LogP) is 2.54. The topological polar surface area (TPSA) is 75.4 Å². The van der Waals surface area contributed by atoms with Gasteiger partial charge < -0.3 is 16.0 Å². The fourth-order valence-electron chi connectivity index (χ4n) is 3.29. The molecule has 1 heterocycles. The minimum Gasteiger partial charge on any atom is -0.399 e. The van der Waals surface area contributed by atoms with Crippen LogP contribution in [0.25, 0.3) is 0 Å². The zero-order valence-corrected chi connectivity index (χ0v) is 15.1. The van der Waals surface area contributed by atoms with E-state index < -0.39 is 0 Å². The molecule has 3 rings (SSSR count). The van der Waals surface area contributed by atoms with Gasteiger partial charge in [0.05, 0.1) is 6.42 Å². The lowest BCUT2D eigenvalue weighted by Gasteiger charge is -2.32. The summed E-state index contributed by atoms with van der Waals surface area (Å²) in [6.45, 7) is 3.28. The number of hydrogen-bond donors (Lipinski definition) is 2. The number of benzene rings is 2. The molecular weight excluding hydrogens is 326 g/mol. The third-order valence-corrected chi connectivity index (χ3v) is 4.91. The van der Waals surface area contributed by atoms with E-state index in [2.05, 4.69) is 5.32 Å². The normalized spacial score (nSPS) is 14.9. The van der Waals surface area contributed by atoms with Gasteiger partial charge in [0.15, 0.2) is 0 Å². The number of nitrogen functional groups attached to an aromatic ring is 1. The van der Waals surface area contributed by atoms with Gasteiger partial charge >= 0.3 is 0 Å². The summed E-state index contributed by atoms with van der Waals surface area (Å²) in [6.07, 6.45) is 1.96. The number of amides is 2. The summed E-state index contributed by atoms with van der Waals surface area (Å²) < 4.78 is 0. The van der Waals surface area contributed by atoms with Gasteiger partial charge in [0.1, 0.15) is 0 Å². The first kappa shape index (κ1) is 18.0. The lowest BCUT2D eigenvalue weighted by molar-refractivity contribution is -0.131. The molecule has 1 fully saturated rings. The number of likely N-dealkylation sites (tertiary alicyclic amines) is 1. The molecule has 26 heavy (non-hydrogen) atoms. The fraction of sp³-hybridized carbons (Fsp3) is 0.333. The summed E-state index contributed by atoms with van der Waals surface area (Å²) in [5, 5.41) is 3.10. The van der Waals surface area contributed by atoms with Gasteiger partial charge in [-0.1, -0.05) is 30.3 Å².